The summed E-state index contributed by atoms with van der Waals surface area (Å²) in [5.74, 6) is 0.881. The maximum Gasteiger partial charge on any atom is 0.234 e. The smallest absolute Gasteiger partial charge is 0.234 e. The van der Waals surface area contributed by atoms with E-state index in [2.05, 4.69) is 36.1 Å². The van der Waals surface area contributed by atoms with Crippen molar-refractivity contribution in [2.24, 2.45) is 13.0 Å². The molecule has 1 aliphatic heterocycles. The molecule has 0 radical (unpaired) electrons. The molecule has 0 spiro atoms. The first kappa shape index (κ1) is 15.5. The number of nitrogens with one attached hydrogen (secondary N) is 1. The number of hydrogen-bond acceptors (Lipinski definition) is 3. The molecule has 1 aliphatic carbocycles. The fourth-order valence-electron chi connectivity index (χ4n) is 3.81. The fraction of sp³-hybridized carbons (Fsp3) is 0.765. The van der Waals surface area contributed by atoms with Gasteiger partial charge in [0, 0.05) is 30.4 Å². The van der Waals surface area contributed by atoms with Gasteiger partial charge in [0.2, 0.25) is 5.91 Å². The minimum absolute atomic E-state index is 0.172. The van der Waals surface area contributed by atoms with E-state index in [9.17, 15) is 4.79 Å². The molecule has 5 heteroatoms. The number of carbonyl (C=O) groups is 1. The lowest BCUT2D eigenvalue weighted by molar-refractivity contribution is -0.123. The highest BCUT2D eigenvalue weighted by molar-refractivity contribution is 5.78. The second kappa shape index (κ2) is 6.03. The number of aromatic nitrogens is 2. The summed E-state index contributed by atoms with van der Waals surface area (Å²) in [5.41, 5.74) is 3.65. The van der Waals surface area contributed by atoms with Gasteiger partial charge >= 0.3 is 0 Å². The van der Waals surface area contributed by atoms with Crippen molar-refractivity contribution in [3.05, 3.63) is 17.0 Å². The summed E-state index contributed by atoms with van der Waals surface area (Å²) in [4.78, 5) is 14.6. The summed E-state index contributed by atoms with van der Waals surface area (Å²) in [5, 5.41) is 7.71. The lowest BCUT2D eigenvalue weighted by Gasteiger charge is -2.25. The lowest BCUT2D eigenvalue weighted by Crippen LogP contribution is -2.41. The number of nitrogens with zero attached hydrogens (tertiary/aromatic N) is 3. The molecule has 1 saturated heterocycles. The molecule has 1 amide bonds. The van der Waals surface area contributed by atoms with Crippen LogP contribution in [0.1, 0.15) is 55.6 Å². The molecular formula is C17H28N4O. The summed E-state index contributed by atoms with van der Waals surface area (Å²) >= 11 is 0. The molecule has 5 nitrogen and oxygen atoms in total. The van der Waals surface area contributed by atoms with Crippen LogP contribution in [-0.4, -0.2) is 39.7 Å². The van der Waals surface area contributed by atoms with Gasteiger partial charge < -0.3 is 5.32 Å². The van der Waals surface area contributed by atoms with E-state index in [1.807, 2.05) is 11.7 Å². The molecule has 122 valence electrons. The summed E-state index contributed by atoms with van der Waals surface area (Å²) in [6, 6.07) is 0.672. The molecular weight excluding hydrogens is 276 g/mol. The van der Waals surface area contributed by atoms with E-state index in [0.29, 0.717) is 24.5 Å². The third kappa shape index (κ3) is 3.05. The SMILES string of the molecule is Cc1nn(C)c(C)c1[C@H]1CCCN1CC(=O)N[C@H](C)C1CC1. The van der Waals surface area contributed by atoms with Crippen LogP contribution in [0, 0.1) is 19.8 Å². The summed E-state index contributed by atoms with van der Waals surface area (Å²) < 4.78 is 1.95. The zero-order valence-corrected chi connectivity index (χ0v) is 14.2. The second-order valence-electron chi connectivity index (χ2n) is 7.03. The van der Waals surface area contributed by atoms with Gasteiger partial charge in [-0.3, -0.25) is 14.4 Å². The molecule has 1 N–H and O–H groups in total. The van der Waals surface area contributed by atoms with E-state index < -0.39 is 0 Å². The Morgan fingerprint density at radius 3 is 2.68 bits per heavy atom. The van der Waals surface area contributed by atoms with Gasteiger partial charge in [-0.25, -0.2) is 0 Å². The van der Waals surface area contributed by atoms with Gasteiger partial charge in [-0.2, -0.15) is 5.10 Å². The largest absolute Gasteiger partial charge is 0.352 e. The van der Waals surface area contributed by atoms with Crippen molar-refractivity contribution in [2.45, 2.75) is 58.5 Å². The molecule has 2 aliphatic rings. The zero-order valence-electron chi connectivity index (χ0n) is 14.2. The van der Waals surface area contributed by atoms with E-state index >= 15 is 0 Å². The first-order chi connectivity index (χ1) is 10.5. The van der Waals surface area contributed by atoms with E-state index in [1.165, 1.54) is 24.1 Å². The highest BCUT2D eigenvalue weighted by Crippen LogP contribution is 2.35. The van der Waals surface area contributed by atoms with Crippen LogP contribution in [0.3, 0.4) is 0 Å². The van der Waals surface area contributed by atoms with Gasteiger partial charge in [0.15, 0.2) is 0 Å². The van der Waals surface area contributed by atoms with Gasteiger partial charge in [-0.05, 0) is 58.9 Å². The van der Waals surface area contributed by atoms with Crippen molar-refractivity contribution < 1.29 is 4.79 Å². The molecule has 1 aromatic rings. The number of rotatable bonds is 5. The Balaban J connectivity index is 1.66. The Bertz CT molecular complexity index is 561. The monoisotopic (exact) mass is 304 g/mol. The van der Waals surface area contributed by atoms with Crippen LogP contribution >= 0.6 is 0 Å². The molecule has 0 unspecified atom stereocenters. The average molecular weight is 304 g/mol. The third-order valence-corrected chi connectivity index (χ3v) is 5.33. The maximum absolute atomic E-state index is 12.3. The summed E-state index contributed by atoms with van der Waals surface area (Å²) in [6.45, 7) is 7.85. The maximum atomic E-state index is 12.3. The first-order valence-electron chi connectivity index (χ1n) is 8.51. The normalized spacial score (nSPS) is 23.7. The lowest BCUT2D eigenvalue weighted by atomic mass is 10.0. The van der Waals surface area contributed by atoms with Gasteiger partial charge in [0.05, 0.1) is 12.2 Å². The van der Waals surface area contributed by atoms with E-state index in [1.54, 1.807) is 0 Å². The van der Waals surface area contributed by atoms with Crippen LogP contribution in [0.25, 0.3) is 0 Å². The topological polar surface area (TPSA) is 50.2 Å². The second-order valence-corrected chi connectivity index (χ2v) is 7.03. The Labute approximate surface area is 133 Å². The molecule has 3 rings (SSSR count). The summed E-state index contributed by atoms with van der Waals surface area (Å²) in [7, 11) is 2.00. The summed E-state index contributed by atoms with van der Waals surface area (Å²) in [6.07, 6.45) is 4.81. The van der Waals surface area contributed by atoms with E-state index in [4.69, 9.17) is 0 Å². The van der Waals surface area contributed by atoms with Gasteiger partial charge in [-0.15, -0.1) is 0 Å². The van der Waals surface area contributed by atoms with E-state index in [-0.39, 0.29) is 5.91 Å². The standard InChI is InChI=1S/C17H28N4O/c1-11(14-7-8-14)18-16(22)10-21-9-5-6-15(21)17-12(2)19-20(4)13(17)3/h11,14-15H,5-10H2,1-4H3,(H,18,22)/t11-,15-/m1/s1. The van der Waals surface area contributed by atoms with Gasteiger partial charge in [0.25, 0.3) is 0 Å². The van der Waals surface area contributed by atoms with Crippen LogP contribution in [-0.2, 0) is 11.8 Å². The predicted octanol–water partition coefficient (Wildman–Crippen LogP) is 2.09. The quantitative estimate of drug-likeness (QED) is 0.906. The fourth-order valence-corrected chi connectivity index (χ4v) is 3.81. The highest BCUT2D eigenvalue weighted by atomic mass is 16.2. The molecule has 2 heterocycles. The van der Waals surface area contributed by atoms with Crippen LogP contribution in [0.5, 0.6) is 0 Å². The Kier molecular flexibility index (Phi) is 4.26. The van der Waals surface area contributed by atoms with Crippen LogP contribution in [0.15, 0.2) is 0 Å². The number of aryl methyl sites for hydroxylation is 2. The van der Waals surface area contributed by atoms with Crippen molar-refractivity contribution in [1.29, 1.82) is 0 Å². The Morgan fingerprint density at radius 1 is 1.36 bits per heavy atom. The predicted molar refractivity (Wildman–Crippen MR) is 86.6 cm³/mol. The van der Waals surface area contributed by atoms with Crippen molar-refractivity contribution >= 4 is 5.91 Å². The molecule has 1 aromatic heterocycles. The van der Waals surface area contributed by atoms with Gasteiger partial charge in [-0.1, -0.05) is 0 Å². The molecule has 2 fully saturated rings. The van der Waals surface area contributed by atoms with Crippen molar-refractivity contribution in [3.8, 4) is 0 Å². The molecule has 1 saturated carbocycles. The van der Waals surface area contributed by atoms with Crippen molar-refractivity contribution in [3.63, 3.8) is 0 Å². The molecule has 2 atom stereocenters. The molecule has 0 bridgehead atoms. The van der Waals surface area contributed by atoms with Crippen LogP contribution in [0.4, 0.5) is 0 Å². The minimum Gasteiger partial charge on any atom is -0.352 e. The van der Waals surface area contributed by atoms with Crippen molar-refractivity contribution in [1.82, 2.24) is 20.0 Å². The zero-order chi connectivity index (χ0) is 15.9. The number of likely N-dealkylation sites (tertiary alicyclic amines) is 1. The average Bonchev–Trinajstić information content (AvgIpc) is 3.16. The van der Waals surface area contributed by atoms with E-state index in [0.717, 1.165) is 25.1 Å². The Morgan fingerprint density at radius 2 is 2.09 bits per heavy atom. The molecule has 22 heavy (non-hydrogen) atoms. The third-order valence-electron chi connectivity index (χ3n) is 5.33. The number of amides is 1. The first-order valence-corrected chi connectivity index (χ1v) is 8.51. The number of hydrogen-bond donors (Lipinski definition) is 1. The van der Waals surface area contributed by atoms with Crippen molar-refractivity contribution in [2.75, 3.05) is 13.1 Å². The Hall–Kier alpha value is -1.36. The van der Waals surface area contributed by atoms with Crippen LogP contribution in [0.2, 0.25) is 0 Å². The molecule has 0 aromatic carbocycles. The van der Waals surface area contributed by atoms with Gasteiger partial charge in [0.1, 0.15) is 0 Å². The highest BCUT2D eigenvalue weighted by Gasteiger charge is 2.33. The van der Waals surface area contributed by atoms with Crippen LogP contribution < -0.4 is 5.32 Å². The minimum atomic E-state index is 0.172. The number of carbonyl (C=O) groups excluding carboxylic acids is 1.